The summed E-state index contributed by atoms with van der Waals surface area (Å²) in [6, 6.07) is 2.24. The van der Waals surface area contributed by atoms with E-state index in [9.17, 15) is 0 Å². The molecular formula is C13H22N4S+2. The van der Waals surface area contributed by atoms with Crippen LogP contribution in [0.4, 0.5) is 5.82 Å². The van der Waals surface area contributed by atoms with E-state index in [1.807, 2.05) is 11.3 Å². The van der Waals surface area contributed by atoms with Crippen LogP contribution >= 0.6 is 11.3 Å². The highest BCUT2D eigenvalue weighted by Crippen LogP contribution is 2.26. The van der Waals surface area contributed by atoms with Crippen LogP contribution in [0, 0.1) is 0 Å². The van der Waals surface area contributed by atoms with Crippen molar-refractivity contribution >= 4 is 27.4 Å². The summed E-state index contributed by atoms with van der Waals surface area (Å²) in [7, 11) is 4.36. The van der Waals surface area contributed by atoms with E-state index in [2.05, 4.69) is 42.4 Å². The van der Waals surface area contributed by atoms with Crippen LogP contribution in [0.2, 0.25) is 0 Å². The molecule has 98 valence electrons. The Morgan fingerprint density at radius 2 is 2.28 bits per heavy atom. The number of H-pyrrole nitrogens is 1. The minimum absolute atomic E-state index is 0.981. The van der Waals surface area contributed by atoms with Gasteiger partial charge < -0.3 is 10.2 Å². The Balaban J connectivity index is 2.05. The molecule has 2 aromatic rings. The number of nitrogens with zero attached hydrogens (tertiary/aromatic N) is 1. The first-order valence-electron chi connectivity index (χ1n) is 6.52. The van der Waals surface area contributed by atoms with Crippen molar-refractivity contribution in [2.75, 3.05) is 32.5 Å². The van der Waals surface area contributed by atoms with Crippen molar-refractivity contribution in [2.45, 2.75) is 19.8 Å². The molecule has 2 heterocycles. The van der Waals surface area contributed by atoms with Crippen molar-refractivity contribution in [3.63, 3.8) is 0 Å². The van der Waals surface area contributed by atoms with Crippen molar-refractivity contribution in [1.29, 1.82) is 0 Å². The summed E-state index contributed by atoms with van der Waals surface area (Å²) in [6.07, 6.45) is 4.02. The molecule has 0 saturated heterocycles. The van der Waals surface area contributed by atoms with E-state index in [4.69, 9.17) is 0 Å². The third-order valence-corrected chi connectivity index (χ3v) is 4.13. The standard InChI is InChI=1S/C13H20N4S/c1-4-10-8-11-12(14-6-5-7-17(2)3)15-9-16-13(11)18-10/h8-9H,4-7H2,1-3H3,(H,14,15,16)/p+2. The summed E-state index contributed by atoms with van der Waals surface area (Å²) in [4.78, 5) is 11.7. The Hall–Kier alpha value is -1.20. The third-order valence-electron chi connectivity index (χ3n) is 2.92. The van der Waals surface area contributed by atoms with E-state index >= 15 is 0 Å². The number of quaternary nitrogens is 1. The van der Waals surface area contributed by atoms with Crippen LogP contribution in [0.25, 0.3) is 10.2 Å². The van der Waals surface area contributed by atoms with Gasteiger partial charge in [0.15, 0.2) is 4.83 Å². The quantitative estimate of drug-likeness (QED) is 0.753. The van der Waals surface area contributed by atoms with Gasteiger partial charge in [-0.15, -0.1) is 0 Å². The number of hydrogen-bond acceptors (Lipinski definition) is 3. The van der Waals surface area contributed by atoms with Gasteiger partial charge in [0.2, 0.25) is 0 Å². The third kappa shape index (κ3) is 3.17. The molecule has 0 amide bonds. The van der Waals surface area contributed by atoms with Gasteiger partial charge >= 0.3 is 0 Å². The van der Waals surface area contributed by atoms with E-state index in [0.717, 1.165) is 25.2 Å². The minimum atomic E-state index is 0.981. The highest BCUT2D eigenvalue weighted by Gasteiger charge is 2.12. The molecule has 0 atom stereocenters. The van der Waals surface area contributed by atoms with Gasteiger partial charge in [0.05, 0.1) is 20.6 Å². The summed E-state index contributed by atoms with van der Waals surface area (Å²) in [5.74, 6) is 1.01. The fraction of sp³-hybridized carbons (Fsp3) is 0.538. The van der Waals surface area contributed by atoms with Crippen molar-refractivity contribution in [3.05, 3.63) is 17.3 Å². The average Bonchev–Trinajstić information content (AvgIpc) is 2.78. The molecule has 2 aromatic heterocycles. The number of thiophene rings is 1. The molecule has 3 N–H and O–H groups in total. The molecule has 0 aromatic carbocycles. The fourth-order valence-corrected chi connectivity index (χ4v) is 2.87. The van der Waals surface area contributed by atoms with Gasteiger partial charge in [-0.3, -0.25) is 0 Å². The number of anilines is 1. The van der Waals surface area contributed by atoms with Crippen LogP contribution < -0.4 is 15.2 Å². The Labute approximate surface area is 112 Å². The normalized spacial score (nSPS) is 11.3. The van der Waals surface area contributed by atoms with E-state index in [1.165, 1.54) is 26.5 Å². The van der Waals surface area contributed by atoms with Gasteiger partial charge in [0.1, 0.15) is 5.39 Å². The van der Waals surface area contributed by atoms with E-state index in [0.29, 0.717) is 0 Å². The SMILES string of the molecule is CCc1cc2c(NCCC[NH+](C)C)nc[nH+]c2s1. The second kappa shape index (κ2) is 6.11. The molecule has 0 radical (unpaired) electrons. The lowest BCUT2D eigenvalue weighted by molar-refractivity contribution is -0.858. The van der Waals surface area contributed by atoms with Gasteiger partial charge in [-0.1, -0.05) is 18.3 Å². The Morgan fingerprint density at radius 3 is 3.00 bits per heavy atom. The van der Waals surface area contributed by atoms with Crippen molar-refractivity contribution < 1.29 is 9.88 Å². The number of nitrogens with one attached hydrogen (secondary N) is 3. The Kier molecular flexibility index (Phi) is 4.49. The summed E-state index contributed by atoms with van der Waals surface area (Å²) >= 11 is 1.82. The smallest absolute Gasteiger partial charge is 0.287 e. The van der Waals surface area contributed by atoms with E-state index in [1.54, 1.807) is 6.33 Å². The summed E-state index contributed by atoms with van der Waals surface area (Å²) < 4.78 is 0. The predicted octanol–water partition coefficient (Wildman–Crippen LogP) is 0.619. The lowest BCUT2D eigenvalue weighted by atomic mass is 10.3. The van der Waals surface area contributed by atoms with Gasteiger partial charge in [-0.05, 0) is 17.5 Å². The second-order valence-electron chi connectivity index (χ2n) is 4.80. The van der Waals surface area contributed by atoms with E-state index in [-0.39, 0.29) is 0 Å². The molecule has 4 nitrogen and oxygen atoms in total. The number of fused-ring (bicyclic) bond motifs is 1. The highest BCUT2D eigenvalue weighted by atomic mass is 32.1. The van der Waals surface area contributed by atoms with Crippen LogP contribution in [-0.4, -0.2) is 32.2 Å². The number of aryl methyl sites for hydroxylation is 1. The monoisotopic (exact) mass is 266 g/mol. The van der Waals surface area contributed by atoms with Crippen LogP contribution in [0.1, 0.15) is 18.2 Å². The number of aromatic amines is 1. The van der Waals surface area contributed by atoms with Gasteiger partial charge in [0.25, 0.3) is 12.1 Å². The maximum absolute atomic E-state index is 4.40. The van der Waals surface area contributed by atoms with Gasteiger partial charge in [-0.25, -0.2) is 4.98 Å². The first kappa shape index (κ1) is 13.2. The van der Waals surface area contributed by atoms with Crippen LogP contribution in [-0.2, 0) is 6.42 Å². The second-order valence-corrected chi connectivity index (χ2v) is 5.93. The first-order valence-corrected chi connectivity index (χ1v) is 7.34. The summed E-state index contributed by atoms with van der Waals surface area (Å²) in [5, 5.41) is 4.66. The number of rotatable bonds is 6. The van der Waals surface area contributed by atoms with E-state index < -0.39 is 0 Å². The largest absolute Gasteiger partial charge is 0.348 e. The van der Waals surface area contributed by atoms with Crippen molar-refractivity contribution in [2.24, 2.45) is 0 Å². The number of hydrogen-bond donors (Lipinski definition) is 2. The molecule has 0 unspecified atom stereocenters. The highest BCUT2D eigenvalue weighted by molar-refractivity contribution is 7.18. The van der Waals surface area contributed by atoms with Crippen LogP contribution in [0.15, 0.2) is 12.4 Å². The van der Waals surface area contributed by atoms with Gasteiger partial charge in [-0.2, -0.15) is 0 Å². The Bertz CT molecular complexity index is 507. The summed E-state index contributed by atoms with van der Waals surface area (Å²) in [5.41, 5.74) is 0. The molecule has 2 rings (SSSR count). The molecule has 0 fully saturated rings. The minimum Gasteiger partial charge on any atom is -0.348 e. The molecule has 0 bridgehead atoms. The molecule has 5 heteroatoms. The van der Waals surface area contributed by atoms with Gasteiger partial charge in [0, 0.05) is 17.8 Å². The zero-order valence-corrected chi connectivity index (χ0v) is 12.2. The molecule has 0 spiro atoms. The van der Waals surface area contributed by atoms with Crippen molar-refractivity contribution in [1.82, 2.24) is 4.98 Å². The molecule has 18 heavy (non-hydrogen) atoms. The number of aromatic nitrogens is 2. The maximum Gasteiger partial charge on any atom is 0.287 e. The zero-order chi connectivity index (χ0) is 13.0. The van der Waals surface area contributed by atoms with Crippen LogP contribution in [0.5, 0.6) is 0 Å². The topological polar surface area (TPSA) is 43.5 Å². The maximum atomic E-state index is 4.40. The predicted molar refractivity (Wildman–Crippen MR) is 76.3 cm³/mol. The molecule has 0 aliphatic heterocycles. The summed E-state index contributed by atoms with van der Waals surface area (Å²) in [6.45, 7) is 4.35. The Morgan fingerprint density at radius 1 is 1.44 bits per heavy atom. The molecule has 0 aliphatic carbocycles. The fourth-order valence-electron chi connectivity index (χ4n) is 1.91. The molecule has 0 aliphatic rings. The molecule has 0 saturated carbocycles. The molecular weight excluding hydrogens is 244 g/mol. The average molecular weight is 266 g/mol. The van der Waals surface area contributed by atoms with Crippen LogP contribution in [0.3, 0.4) is 0 Å². The zero-order valence-electron chi connectivity index (χ0n) is 11.3. The lowest BCUT2D eigenvalue weighted by Crippen LogP contribution is -3.05. The van der Waals surface area contributed by atoms with Crippen molar-refractivity contribution in [3.8, 4) is 0 Å². The first-order chi connectivity index (χ1) is 8.70. The lowest BCUT2D eigenvalue weighted by Gasteiger charge is -2.06.